The smallest absolute Gasteiger partial charge is 0.322 e. The summed E-state index contributed by atoms with van der Waals surface area (Å²) in [6.45, 7) is 0.690. The number of urea groups is 1. The molecular weight excluding hydrogens is 346 g/mol. The summed E-state index contributed by atoms with van der Waals surface area (Å²) in [7, 11) is 0. The fourth-order valence-corrected chi connectivity index (χ4v) is 2.73. The standard InChI is InChI=1S/C19H21N5O3/c25-17(22-12-14-6-3-4-10-20-14)9-5-11-21-19(27)24-13-18(26)23-15-7-1-2-8-16(15)24/h1-4,6-8,10H,5,9,11-13H2,(H,21,27)(H,22,25)(H,23,26). The molecule has 0 aliphatic carbocycles. The van der Waals surface area contributed by atoms with Gasteiger partial charge in [0.05, 0.1) is 23.6 Å². The SMILES string of the molecule is O=C(CCCNC(=O)N1CC(=O)Nc2ccccc21)NCc1ccccn1. The molecule has 1 aromatic carbocycles. The van der Waals surface area contributed by atoms with Gasteiger partial charge in [-0.1, -0.05) is 18.2 Å². The minimum atomic E-state index is -0.355. The van der Waals surface area contributed by atoms with Crippen molar-refractivity contribution >= 4 is 29.2 Å². The molecule has 2 aromatic rings. The second-order valence-corrected chi connectivity index (χ2v) is 6.08. The molecular formula is C19H21N5O3. The molecule has 3 rings (SSSR count). The summed E-state index contributed by atoms with van der Waals surface area (Å²) in [4.78, 5) is 41.5. The quantitative estimate of drug-likeness (QED) is 0.675. The fourth-order valence-electron chi connectivity index (χ4n) is 2.73. The molecule has 8 heteroatoms. The molecule has 0 spiro atoms. The van der Waals surface area contributed by atoms with Crippen molar-refractivity contribution in [2.75, 3.05) is 23.3 Å². The molecule has 3 N–H and O–H groups in total. The highest BCUT2D eigenvalue weighted by Gasteiger charge is 2.26. The van der Waals surface area contributed by atoms with Gasteiger partial charge >= 0.3 is 6.03 Å². The first-order valence-electron chi connectivity index (χ1n) is 8.74. The van der Waals surface area contributed by atoms with Crippen LogP contribution in [0, 0.1) is 0 Å². The van der Waals surface area contributed by atoms with Crippen molar-refractivity contribution < 1.29 is 14.4 Å². The molecule has 0 atom stereocenters. The van der Waals surface area contributed by atoms with Gasteiger partial charge < -0.3 is 16.0 Å². The number of amides is 4. The first-order valence-corrected chi connectivity index (χ1v) is 8.74. The minimum absolute atomic E-state index is 0.0343. The van der Waals surface area contributed by atoms with Crippen LogP contribution in [0.2, 0.25) is 0 Å². The number of carbonyl (C=O) groups is 3. The molecule has 0 bridgehead atoms. The first-order chi connectivity index (χ1) is 13.1. The number of aromatic nitrogens is 1. The number of hydrogen-bond donors (Lipinski definition) is 3. The molecule has 0 saturated carbocycles. The Morgan fingerprint density at radius 2 is 1.93 bits per heavy atom. The summed E-state index contributed by atoms with van der Waals surface area (Å²) >= 11 is 0. The Labute approximate surface area is 157 Å². The number of pyridine rings is 1. The normalized spacial score (nSPS) is 12.7. The lowest BCUT2D eigenvalue weighted by Crippen LogP contribution is -2.47. The summed E-state index contributed by atoms with van der Waals surface area (Å²) in [5.74, 6) is -0.338. The fraction of sp³-hybridized carbons (Fsp3) is 0.263. The lowest BCUT2D eigenvalue weighted by molar-refractivity contribution is -0.121. The molecule has 140 valence electrons. The number of nitrogens with one attached hydrogen (secondary N) is 3. The molecule has 1 aliphatic rings. The van der Waals surface area contributed by atoms with Crippen molar-refractivity contribution in [2.24, 2.45) is 0 Å². The van der Waals surface area contributed by atoms with Crippen LogP contribution < -0.4 is 20.9 Å². The summed E-state index contributed by atoms with van der Waals surface area (Å²) in [6.07, 6.45) is 2.47. The van der Waals surface area contributed by atoms with Crippen LogP contribution in [0.5, 0.6) is 0 Å². The molecule has 8 nitrogen and oxygen atoms in total. The van der Waals surface area contributed by atoms with Gasteiger partial charge in [0.15, 0.2) is 0 Å². The van der Waals surface area contributed by atoms with E-state index in [0.29, 0.717) is 37.3 Å². The van der Waals surface area contributed by atoms with Gasteiger partial charge in [-0.15, -0.1) is 0 Å². The molecule has 0 unspecified atom stereocenters. The van der Waals surface area contributed by atoms with Crippen molar-refractivity contribution in [2.45, 2.75) is 19.4 Å². The number of hydrogen-bond acceptors (Lipinski definition) is 4. The number of nitrogens with zero attached hydrogens (tertiary/aromatic N) is 2. The molecule has 1 aromatic heterocycles. The van der Waals surface area contributed by atoms with Crippen LogP contribution in [-0.4, -0.2) is 35.9 Å². The Balaban J connectivity index is 1.41. The number of para-hydroxylation sites is 2. The van der Waals surface area contributed by atoms with Crippen molar-refractivity contribution in [1.29, 1.82) is 0 Å². The van der Waals surface area contributed by atoms with E-state index >= 15 is 0 Å². The van der Waals surface area contributed by atoms with Crippen molar-refractivity contribution in [3.05, 3.63) is 54.4 Å². The Hall–Kier alpha value is -3.42. The van der Waals surface area contributed by atoms with Gasteiger partial charge in [0.25, 0.3) is 0 Å². The maximum atomic E-state index is 12.4. The molecule has 4 amide bonds. The average molecular weight is 367 g/mol. The van der Waals surface area contributed by atoms with E-state index in [1.54, 1.807) is 24.4 Å². The molecule has 2 heterocycles. The van der Waals surface area contributed by atoms with E-state index in [1.165, 1.54) is 4.90 Å². The van der Waals surface area contributed by atoms with E-state index < -0.39 is 0 Å². The lowest BCUT2D eigenvalue weighted by atomic mass is 10.2. The van der Waals surface area contributed by atoms with E-state index in [1.807, 2.05) is 24.3 Å². The number of fused-ring (bicyclic) bond motifs is 1. The first kappa shape index (κ1) is 18.4. The largest absolute Gasteiger partial charge is 0.350 e. The highest BCUT2D eigenvalue weighted by atomic mass is 16.2. The van der Waals surface area contributed by atoms with Gasteiger partial charge in [0.2, 0.25) is 11.8 Å². The Bertz CT molecular complexity index is 825. The third-order valence-corrected chi connectivity index (χ3v) is 4.07. The topological polar surface area (TPSA) is 103 Å². The Morgan fingerprint density at radius 1 is 1.11 bits per heavy atom. The van der Waals surface area contributed by atoms with Gasteiger partial charge in [-0.25, -0.2) is 4.79 Å². The number of rotatable bonds is 6. The third-order valence-electron chi connectivity index (χ3n) is 4.07. The zero-order valence-corrected chi connectivity index (χ0v) is 14.8. The lowest BCUT2D eigenvalue weighted by Gasteiger charge is -2.29. The van der Waals surface area contributed by atoms with Gasteiger partial charge in [-0.3, -0.25) is 19.5 Å². The molecule has 27 heavy (non-hydrogen) atoms. The van der Waals surface area contributed by atoms with Crippen LogP contribution in [0.4, 0.5) is 16.2 Å². The second kappa shape index (κ2) is 8.79. The maximum Gasteiger partial charge on any atom is 0.322 e. The Kier molecular flexibility index (Phi) is 5.98. The third kappa shape index (κ3) is 5.04. The highest BCUT2D eigenvalue weighted by Crippen LogP contribution is 2.28. The van der Waals surface area contributed by atoms with Crippen LogP contribution in [-0.2, 0) is 16.1 Å². The molecule has 0 radical (unpaired) electrons. The number of anilines is 2. The summed E-state index contributed by atoms with van der Waals surface area (Å²) in [5, 5.41) is 8.29. The number of benzene rings is 1. The second-order valence-electron chi connectivity index (χ2n) is 6.08. The Morgan fingerprint density at radius 3 is 2.74 bits per heavy atom. The van der Waals surface area contributed by atoms with Gasteiger partial charge in [0.1, 0.15) is 6.54 Å². The summed E-state index contributed by atoms with van der Waals surface area (Å²) in [6, 6.07) is 12.3. The van der Waals surface area contributed by atoms with Gasteiger partial charge in [0, 0.05) is 19.2 Å². The van der Waals surface area contributed by atoms with E-state index in [0.717, 1.165) is 5.69 Å². The van der Waals surface area contributed by atoms with Crippen LogP contribution >= 0.6 is 0 Å². The van der Waals surface area contributed by atoms with E-state index in [9.17, 15) is 14.4 Å². The van der Waals surface area contributed by atoms with Crippen LogP contribution in [0.25, 0.3) is 0 Å². The predicted octanol–water partition coefficient (Wildman–Crippen LogP) is 1.65. The van der Waals surface area contributed by atoms with Crippen molar-refractivity contribution in [3.8, 4) is 0 Å². The van der Waals surface area contributed by atoms with E-state index in [4.69, 9.17) is 0 Å². The highest BCUT2D eigenvalue weighted by molar-refractivity contribution is 6.09. The predicted molar refractivity (Wildman–Crippen MR) is 101 cm³/mol. The van der Waals surface area contributed by atoms with Gasteiger partial charge in [-0.2, -0.15) is 0 Å². The van der Waals surface area contributed by atoms with Gasteiger partial charge in [-0.05, 0) is 30.7 Å². The zero-order chi connectivity index (χ0) is 19.1. The summed E-state index contributed by atoms with van der Waals surface area (Å²) in [5.41, 5.74) is 2.06. The minimum Gasteiger partial charge on any atom is -0.350 e. The molecule has 0 saturated heterocycles. The van der Waals surface area contributed by atoms with Crippen LogP contribution in [0.1, 0.15) is 18.5 Å². The summed E-state index contributed by atoms with van der Waals surface area (Å²) < 4.78 is 0. The van der Waals surface area contributed by atoms with E-state index in [2.05, 4.69) is 20.9 Å². The monoisotopic (exact) mass is 367 g/mol. The van der Waals surface area contributed by atoms with Crippen molar-refractivity contribution in [1.82, 2.24) is 15.6 Å². The number of carbonyl (C=O) groups excluding carboxylic acids is 3. The van der Waals surface area contributed by atoms with Crippen LogP contribution in [0.3, 0.4) is 0 Å². The van der Waals surface area contributed by atoms with Crippen LogP contribution in [0.15, 0.2) is 48.7 Å². The van der Waals surface area contributed by atoms with E-state index in [-0.39, 0.29) is 24.4 Å². The molecule has 0 fully saturated rings. The average Bonchev–Trinajstić information content (AvgIpc) is 2.69. The van der Waals surface area contributed by atoms with Crippen molar-refractivity contribution in [3.63, 3.8) is 0 Å². The maximum absolute atomic E-state index is 12.4. The zero-order valence-electron chi connectivity index (χ0n) is 14.8. The molecule has 1 aliphatic heterocycles.